The van der Waals surface area contributed by atoms with E-state index in [1.807, 2.05) is 51.1 Å². The molecular formula is C20H25NO4S. The van der Waals surface area contributed by atoms with Gasteiger partial charge >= 0.3 is 0 Å². The summed E-state index contributed by atoms with van der Waals surface area (Å²) in [6.45, 7) is 5.68. The van der Waals surface area contributed by atoms with Crippen molar-refractivity contribution < 1.29 is 17.9 Å². The van der Waals surface area contributed by atoms with Gasteiger partial charge in [0.25, 0.3) is 0 Å². The van der Waals surface area contributed by atoms with Gasteiger partial charge < -0.3 is 10.1 Å². The fraction of sp³-hybridized carbons (Fsp3) is 0.350. The third kappa shape index (κ3) is 5.88. The molecule has 0 saturated heterocycles. The second-order valence-corrected chi connectivity index (χ2v) is 8.52. The number of rotatable bonds is 8. The number of carbonyl (C=O) groups excluding carboxylic acids is 1. The molecule has 0 aromatic heterocycles. The number of amides is 1. The van der Waals surface area contributed by atoms with E-state index in [1.165, 1.54) is 12.1 Å². The van der Waals surface area contributed by atoms with Crippen LogP contribution in [-0.2, 0) is 14.6 Å². The molecule has 140 valence electrons. The first-order valence-electron chi connectivity index (χ1n) is 8.62. The molecule has 1 unspecified atom stereocenters. The number of benzene rings is 2. The Morgan fingerprint density at radius 1 is 1.00 bits per heavy atom. The number of sulfone groups is 1. The highest BCUT2D eigenvalue weighted by Gasteiger charge is 2.18. The zero-order valence-electron chi connectivity index (χ0n) is 15.3. The molecule has 0 bridgehead atoms. The van der Waals surface area contributed by atoms with Gasteiger partial charge in [-0.05, 0) is 50.6 Å². The van der Waals surface area contributed by atoms with E-state index in [4.69, 9.17) is 4.74 Å². The molecule has 0 radical (unpaired) electrons. The Hall–Kier alpha value is -2.34. The number of ether oxygens (including phenoxy) is 1. The molecule has 1 N–H and O–H groups in total. The maximum absolute atomic E-state index is 12.4. The van der Waals surface area contributed by atoms with Crippen LogP contribution in [-0.4, -0.2) is 26.2 Å². The summed E-state index contributed by atoms with van der Waals surface area (Å²) >= 11 is 0. The first-order valence-corrected chi connectivity index (χ1v) is 10.3. The van der Waals surface area contributed by atoms with Gasteiger partial charge in [-0.3, -0.25) is 4.79 Å². The van der Waals surface area contributed by atoms with Gasteiger partial charge in [0.1, 0.15) is 5.75 Å². The summed E-state index contributed by atoms with van der Waals surface area (Å²) in [4.78, 5) is 12.3. The summed E-state index contributed by atoms with van der Waals surface area (Å²) in [7, 11) is -3.52. The van der Waals surface area contributed by atoms with Crippen LogP contribution in [0.2, 0.25) is 0 Å². The number of carbonyl (C=O) groups is 1. The summed E-state index contributed by atoms with van der Waals surface area (Å²) in [6, 6.07) is 15.7. The Morgan fingerprint density at radius 2 is 1.62 bits per heavy atom. The van der Waals surface area contributed by atoms with Crippen LogP contribution in [0.15, 0.2) is 59.5 Å². The van der Waals surface area contributed by atoms with Crippen LogP contribution in [0.25, 0.3) is 0 Å². The van der Waals surface area contributed by atoms with Gasteiger partial charge in [0.15, 0.2) is 9.84 Å². The summed E-state index contributed by atoms with van der Waals surface area (Å²) in [5, 5.41) is 2.83. The molecule has 2 aromatic rings. The quantitative estimate of drug-likeness (QED) is 0.766. The average Bonchev–Trinajstić information content (AvgIpc) is 2.61. The van der Waals surface area contributed by atoms with E-state index in [9.17, 15) is 13.2 Å². The SMILES string of the molecule is CC(C)Oc1ccc(S(=O)(=O)CCC(=O)NC(C)c2ccccc2)cc1. The molecule has 0 fully saturated rings. The van der Waals surface area contributed by atoms with Crippen LogP contribution in [0, 0.1) is 0 Å². The van der Waals surface area contributed by atoms with Crippen LogP contribution in [0.3, 0.4) is 0 Å². The maximum Gasteiger partial charge on any atom is 0.221 e. The fourth-order valence-electron chi connectivity index (χ4n) is 2.48. The van der Waals surface area contributed by atoms with E-state index in [1.54, 1.807) is 12.1 Å². The molecule has 0 saturated carbocycles. The third-order valence-corrected chi connectivity index (χ3v) is 5.56. The van der Waals surface area contributed by atoms with Gasteiger partial charge in [-0.2, -0.15) is 0 Å². The minimum absolute atomic E-state index is 0.0211. The molecule has 1 amide bonds. The molecule has 0 heterocycles. The van der Waals surface area contributed by atoms with E-state index in [0.717, 1.165) is 5.56 Å². The van der Waals surface area contributed by atoms with Crippen LogP contribution >= 0.6 is 0 Å². The van der Waals surface area contributed by atoms with Crippen molar-refractivity contribution >= 4 is 15.7 Å². The highest BCUT2D eigenvalue weighted by atomic mass is 32.2. The summed E-state index contributed by atoms with van der Waals surface area (Å²) < 4.78 is 30.3. The predicted octanol–water partition coefficient (Wildman–Crippen LogP) is 3.52. The lowest BCUT2D eigenvalue weighted by molar-refractivity contribution is -0.121. The van der Waals surface area contributed by atoms with Crippen molar-refractivity contribution in [2.45, 2.75) is 44.2 Å². The molecule has 6 heteroatoms. The predicted molar refractivity (Wildman–Crippen MR) is 102 cm³/mol. The lowest BCUT2D eigenvalue weighted by Gasteiger charge is -2.14. The van der Waals surface area contributed by atoms with Crippen molar-refractivity contribution in [1.82, 2.24) is 5.32 Å². The summed E-state index contributed by atoms with van der Waals surface area (Å²) in [6.07, 6.45) is -0.0585. The Bertz CT molecular complexity index is 815. The third-order valence-electron chi connectivity index (χ3n) is 3.83. The minimum Gasteiger partial charge on any atom is -0.491 e. The van der Waals surface area contributed by atoms with Crippen molar-refractivity contribution in [1.29, 1.82) is 0 Å². The smallest absolute Gasteiger partial charge is 0.221 e. The van der Waals surface area contributed by atoms with Gasteiger partial charge in [-0.1, -0.05) is 30.3 Å². The molecule has 1 atom stereocenters. The molecular weight excluding hydrogens is 350 g/mol. The molecule has 0 aliphatic carbocycles. The zero-order valence-corrected chi connectivity index (χ0v) is 16.1. The normalized spacial score (nSPS) is 12.6. The molecule has 0 aliphatic rings. The highest BCUT2D eigenvalue weighted by molar-refractivity contribution is 7.91. The van der Waals surface area contributed by atoms with Crippen molar-refractivity contribution in [3.05, 3.63) is 60.2 Å². The standard InChI is InChI=1S/C20H25NO4S/c1-15(2)25-18-9-11-19(12-10-18)26(23,24)14-13-20(22)21-16(3)17-7-5-4-6-8-17/h4-12,15-16H,13-14H2,1-3H3,(H,21,22). The molecule has 0 spiro atoms. The van der Waals surface area contributed by atoms with Crippen molar-refractivity contribution in [3.8, 4) is 5.75 Å². The Morgan fingerprint density at radius 3 is 2.19 bits per heavy atom. The van der Waals surface area contributed by atoms with Crippen molar-refractivity contribution in [2.75, 3.05) is 5.75 Å². The van der Waals surface area contributed by atoms with E-state index in [0.29, 0.717) is 5.75 Å². The van der Waals surface area contributed by atoms with E-state index in [-0.39, 0.29) is 35.1 Å². The van der Waals surface area contributed by atoms with Gasteiger partial charge in [0.05, 0.1) is 22.8 Å². The molecule has 2 rings (SSSR count). The average molecular weight is 375 g/mol. The van der Waals surface area contributed by atoms with Gasteiger partial charge in [0.2, 0.25) is 5.91 Å². The second-order valence-electron chi connectivity index (χ2n) is 6.41. The van der Waals surface area contributed by atoms with Crippen LogP contribution in [0.1, 0.15) is 38.8 Å². The Kier molecular flexibility index (Phi) is 6.80. The number of hydrogen-bond donors (Lipinski definition) is 1. The maximum atomic E-state index is 12.4. The van der Waals surface area contributed by atoms with Crippen molar-refractivity contribution in [3.63, 3.8) is 0 Å². The zero-order chi connectivity index (χ0) is 19.2. The van der Waals surface area contributed by atoms with Gasteiger partial charge in [-0.15, -0.1) is 0 Å². The van der Waals surface area contributed by atoms with Gasteiger partial charge in [0, 0.05) is 6.42 Å². The van der Waals surface area contributed by atoms with Crippen LogP contribution < -0.4 is 10.1 Å². The van der Waals surface area contributed by atoms with Crippen molar-refractivity contribution in [2.24, 2.45) is 0 Å². The lowest BCUT2D eigenvalue weighted by Crippen LogP contribution is -2.28. The first-order chi connectivity index (χ1) is 12.3. The van der Waals surface area contributed by atoms with E-state index >= 15 is 0 Å². The molecule has 26 heavy (non-hydrogen) atoms. The Labute approximate surface area is 155 Å². The molecule has 0 aliphatic heterocycles. The minimum atomic E-state index is -3.52. The molecule has 5 nitrogen and oxygen atoms in total. The van der Waals surface area contributed by atoms with E-state index < -0.39 is 9.84 Å². The lowest BCUT2D eigenvalue weighted by atomic mass is 10.1. The topological polar surface area (TPSA) is 72.5 Å². The summed E-state index contributed by atoms with van der Waals surface area (Å²) in [5.41, 5.74) is 0.976. The largest absolute Gasteiger partial charge is 0.491 e. The number of hydrogen-bond acceptors (Lipinski definition) is 4. The second kappa shape index (κ2) is 8.85. The van der Waals surface area contributed by atoms with E-state index in [2.05, 4.69) is 5.32 Å². The number of nitrogens with one attached hydrogen (secondary N) is 1. The highest BCUT2D eigenvalue weighted by Crippen LogP contribution is 2.19. The molecule has 2 aromatic carbocycles. The first kappa shape index (κ1) is 20.0. The Balaban J connectivity index is 1.91. The van der Waals surface area contributed by atoms with Gasteiger partial charge in [-0.25, -0.2) is 8.42 Å². The van der Waals surface area contributed by atoms with Crippen LogP contribution in [0.4, 0.5) is 0 Å². The summed E-state index contributed by atoms with van der Waals surface area (Å²) in [5.74, 6) is 0.100. The fourth-order valence-corrected chi connectivity index (χ4v) is 3.72. The monoisotopic (exact) mass is 375 g/mol. The van der Waals surface area contributed by atoms with Crippen LogP contribution in [0.5, 0.6) is 5.75 Å².